The molecule has 0 saturated heterocycles. The molecule has 0 unspecified atom stereocenters. The Bertz CT molecular complexity index is 1200. The number of hydrogen-bond donors (Lipinski definition) is 1. The van der Waals surface area contributed by atoms with Gasteiger partial charge in [0, 0.05) is 18.7 Å². The molecule has 1 heterocycles. The highest BCUT2D eigenvalue weighted by molar-refractivity contribution is 6.03. The smallest absolute Gasteiger partial charge is 0.119 e. The van der Waals surface area contributed by atoms with E-state index in [1.807, 2.05) is 30.3 Å². The number of rotatable bonds is 7. The molecule has 1 atom stereocenters. The fourth-order valence-corrected chi connectivity index (χ4v) is 4.17. The van der Waals surface area contributed by atoms with Crippen LogP contribution >= 0.6 is 0 Å². The van der Waals surface area contributed by atoms with Crippen molar-refractivity contribution in [2.45, 2.75) is 19.0 Å². The van der Waals surface area contributed by atoms with Crippen molar-refractivity contribution >= 4 is 17.1 Å². The lowest BCUT2D eigenvalue weighted by atomic mass is 9.98. The summed E-state index contributed by atoms with van der Waals surface area (Å²) in [5.74, 6) is 0.860. The van der Waals surface area contributed by atoms with Crippen molar-refractivity contribution in [2.75, 3.05) is 17.4 Å². The molecule has 0 saturated carbocycles. The van der Waals surface area contributed by atoms with E-state index in [1.54, 1.807) is 7.11 Å². The Morgan fingerprint density at radius 2 is 1.48 bits per heavy atom. The molecule has 0 aliphatic carbocycles. The molecule has 4 aromatic carbocycles. The Morgan fingerprint density at radius 1 is 0.818 bits per heavy atom. The topological polar surface area (TPSA) is 36.9 Å². The Balaban J connectivity index is 1.35. The molecule has 4 nitrogen and oxygen atoms in total. The lowest BCUT2D eigenvalue weighted by Crippen LogP contribution is -2.18. The van der Waals surface area contributed by atoms with Crippen molar-refractivity contribution in [1.82, 2.24) is 0 Å². The highest BCUT2D eigenvalue weighted by atomic mass is 16.5. The van der Waals surface area contributed by atoms with E-state index in [0.29, 0.717) is 0 Å². The van der Waals surface area contributed by atoms with Gasteiger partial charge in [0.15, 0.2) is 0 Å². The van der Waals surface area contributed by atoms with Crippen LogP contribution in [0.25, 0.3) is 0 Å². The molecular weight excluding hydrogens is 406 g/mol. The first kappa shape index (κ1) is 20.8. The number of methoxy groups -OCH3 is 1. The second-order valence-electron chi connectivity index (χ2n) is 8.14. The van der Waals surface area contributed by atoms with E-state index >= 15 is 0 Å². The third kappa shape index (κ3) is 4.75. The third-order valence-electron chi connectivity index (χ3n) is 5.99. The van der Waals surface area contributed by atoms with E-state index in [4.69, 9.17) is 9.84 Å². The van der Waals surface area contributed by atoms with Crippen LogP contribution in [0.1, 0.15) is 29.2 Å². The zero-order valence-corrected chi connectivity index (χ0v) is 18.7. The zero-order valence-electron chi connectivity index (χ0n) is 18.7. The van der Waals surface area contributed by atoms with E-state index in [-0.39, 0.29) is 6.04 Å². The maximum atomic E-state index is 5.23. The van der Waals surface area contributed by atoms with Crippen LogP contribution in [-0.4, -0.2) is 12.8 Å². The summed E-state index contributed by atoms with van der Waals surface area (Å²) in [6.45, 7) is 0.757. The summed E-state index contributed by atoms with van der Waals surface area (Å²) in [5, 5.41) is 10.7. The highest BCUT2D eigenvalue weighted by Gasteiger charge is 2.29. The van der Waals surface area contributed by atoms with Crippen molar-refractivity contribution < 1.29 is 4.74 Å². The molecular formula is C29H27N3O. The minimum atomic E-state index is 0.185. The summed E-state index contributed by atoms with van der Waals surface area (Å²) in [7, 11) is 1.68. The van der Waals surface area contributed by atoms with Crippen molar-refractivity contribution in [1.29, 1.82) is 0 Å². The molecule has 0 spiro atoms. The molecule has 1 aliphatic heterocycles. The average Bonchev–Trinajstić information content (AvgIpc) is 3.35. The maximum Gasteiger partial charge on any atom is 0.119 e. The Labute approximate surface area is 195 Å². The van der Waals surface area contributed by atoms with Crippen LogP contribution in [0.5, 0.6) is 5.75 Å². The van der Waals surface area contributed by atoms with Gasteiger partial charge in [-0.2, -0.15) is 5.10 Å². The number of nitrogens with one attached hydrogen (secondary N) is 1. The Kier molecular flexibility index (Phi) is 6.07. The van der Waals surface area contributed by atoms with Crippen LogP contribution in [0, 0.1) is 0 Å². The fraction of sp³-hybridized carbons (Fsp3) is 0.138. The molecule has 0 bridgehead atoms. The van der Waals surface area contributed by atoms with Gasteiger partial charge in [-0.15, -0.1) is 0 Å². The number of nitrogens with zero attached hydrogens (tertiary/aromatic N) is 2. The van der Waals surface area contributed by atoms with Crippen LogP contribution in [0.3, 0.4) is 0 Å². The fourth-order valence-electron chi connectivity index (χ4n) is 4.17. The standard InChI is InChI=1S/C29H27N3O/c1-33-27-18-14-25(15-19-27)30-21-22-12-16-26(17-13-22)32-29(24-10-6-3-7-11-24)20-28(31-32)23-8-4-2-5-9-23/h2-19,29-30H,20-21H2,1H3/t29-/m1/s1. The minimum Gasteiger partial charge on any atom is -0.497 e. The third-order valence-corrected chi connectivity index (χ3v) is 5.99. The number of hydrazone groups is 1. The SMILES string of the molecule is COc1ccc(NCc2ccc(N3N=C(c4ccccc4)C[C@@H]3c3ccccc3)cc2)cc1. The lowest BCUT2D eigenvalue weighted by molar-refractivity contribution is 0.415. The molecule has 0 fully saturated rings. The van der Waals surface area contributed by atoms with Gasteiger partial charge in [0.1, 0.15) is 5.75 Å². The molecule has 164 valence electrons. The van der Waals surface area contributed by atoms with Gasteiger partial charge in [-0.1, -0.05) is 72.8 Å². The van der Waals surface area contributed by atoms with Gasteiger partial charge in [0.2, 0.25) is 0 Å². The second-order valence-corrected chi connectivity index (χ2v) is 8.14. The summed E-state index contributed by atoms with van der Waals surface area (Å²) < 4.78 is 5.23. The predicted molar refractivity (Wildman–Crippen MR) is 136 cm³/mol. The maximum absolute atomic E-state index is 5.23. The number of ether oxygens (including phenoxy) is 1. The molecule has 1 N–H and O–H groups in total. The van der Waals surface area contributed by atoms with Gasteiger partial charge >= 0.3 is 0 Å². The van der Waals surface area contributed by atoms with Crippen LogP contribution in [0.4, 0.5) is 11.4 Å². The Hall–Kier alpha value is -4.05. The van der Waals surface area contributed by atoms with Crippen LogP contribution in [-0.2, 0) is 6.54 Å². The molecule has 4 heteroatoms. The normalized spacial score (nSPS) is 15.2. The predicted octanol–water partition coefficient (Wildman–Crippen LogP) is 6.66. The summed E-state index contributed by atoms with van der Waals surface area (Å²) in [5.41, 5.74) is 6.97. The first-order chi connectivity index (χ1) is 16.3. The molecule has 1 aliphatic rings. The van der Waals surface area contributed by atoms with E-state index in [9.17, 15) is 0 Å². The van der Waals surface area contributed by atoms with Crippen molar-refractivity contribution in [2.24, 2.45) is 5.10 Å². The van der Waals surface area contributed by atoms with E-state index in [0.717, 1.165) is 35.8 Å². The van der Waals surface area contributed by atoms with Gasteiger partial charge in [0.25, 0.3) is 0 Å². The Morgan fingerprint density at radius 3 is 2.15 bits per heavy atom. The molecule has 0 amide bonds. The zero-order chi connectivity index (χ0) is 22.5. The van der Waals surface area contributed by atoms with E-state index in [2.05, 4.69) is 89.2 Å². The van der Waals surface area contributed by atoms with Gasteiger partial charge in [-0.3, -0.25) is 5.01 Å². The number of anilines is 2. The quantitative estimate of drug-likeness (QED) is 0.354. The van der Waals surface area contributed by atoms with E-state index < -0.39 is 0 Å². The average molecular weight is 434 g/mol. The minimum absolute atomic E-state index is 0.185. The van der Waals surface area contributed by atoms with E-state index in [1.165, 1.54) is 16.7 Å². The first-order valence-electron chi connectivity index (χ1n) is 11.2. The molecule has 33 heavy (non-hydrogen) atoms. The summed E-state index contributed by atoms with van der Waals surface area (Å²) in [6, 6.07) is 37.9. The monoisotopic (exact) mass is 433 g/mol. The number of hydrogen-bond acceptors (Lipinski definition) is 4. The summed E-state index contributed by atoms with van der Waals surface area (Å²) in [4.78, 5) is 0. The lowest BCUT2D eigenvalue weighted by Gasteiger charge is -2.24. The van der Waals surface area contributed by atoms with Gasteiger partial charge in [-0.25, -0.2) is 0 Å². The van der Waals surface area contributed by atoms with Gasteiger partial charge in [-0.05, 0) is 53.1 Å². The molecule has 0 radical (unpaired) electrons. The molecule has 4 aromatic rings. The van der Waals surface area contributed by atoms with Crippen LogP contribution in [0.2, 0.25) is 0 Å². The van der Waals surface area contributed by atoms with Crippen LogP contribution < -0.4 is 15.1 Å². The summed E-state index contributed by atoms with van der Waals surface area (Å²) in [6.07, 6.45) is 0.884. The molecule has 5 rings (SSSR count). The molecule has 0 aromatic heterocycles. The van der Waals surface area contributed by atoms with Gasteiger partial charge in [0.05, 0.1) is 24.6 Å². The van der Waals surface area contributed by atoms with Gasteiger partial charge < -0.3 is 10.1 Å². The first-order valence-corrected chi connectivity index (χ1v) is 11.2. The largest absolute Gasteiger partial charge is 0.497 e. The number of benzene rings is 4. The van der Waals surface area contributed by atoms with Crippen molar-refractivity contribution in [3.63, 3.8) is 0 Å². The van der Waals surface area contributed by atoms with Crippen molar-refractivity contribution in [3.05, 3.63) is 126 Å². The second kappa shape index (κ2) is 9.61. The highest BCUT2D eigenvalue weighted by Crippen LogP contribution is 2.36. The van der Waals surface area contributed by atoms with Crippen molar-refractivity contribution in [3.8, 4) is 5.75 Å². The summed E-state index contributed by atoms with van der Waals surface area (Å²) >= 11 is 0. The van der Waals surface area contributed by atoms with Crippen LogP contribution in [0.15, 0.2) is 114 Å².